The number of hydrogen-bond donors (Lipinski definition) is 3. The second-order valence-electron chi connectivity index (χ2n) is 5.74. The van der Waals surface area contributed by atoms with Crippen molar-refractivity contribution in [3.8, 4) is 5.75 Å². The first-order valence-corrected chi connectivity index (χ1v) is 9.40. The van der Waals surface area contributed by atoms with Crippen molar-refractivity contribution in [3.63, 3.8) is 0 Å². The van der Waals surface area contributed by atoms with Crippen LogP contribution in [0.5, 0.6) is 5.75 Å². The minimum absolute atomic E-state index is 0.393. The van der Waals surface area contributed by atoms with Crippen LogP contribution < -0.4 is 15.8 Å². The second kappa shape index (κ2) is 8.79. The minimum Gasteiger partial charge on any atom is -0.406 e. The molecule has 4 N–H and O–H groups in total. The molecule has 1 unspecified atom stereocenters. The maximum absolute atomic E-state index is 12.6. The summed E-state index contributed by atoms with van der Waals surface area (Å²) in [7, 11) is -4.25. The third kappa shape index (κ3) is 5.76. The molecule has 0 aliphatic heterocycles. The fourth-order valence-corrected chi connectivity index (χ4v) is 3.37. The highest BCUT2D eigenvalue weighted by atomic mass is 32.2. The Morgan fingerprint density at radius 2 is 1.80 bits per heavy atom. The molecule has 0 radical (unpaired) electrons. The normalized spacial score (nSPS) is 13.2. The fraction of sp³-hybridized carbons (Fsp3) is 0.250. The van der Waals surface area contributed by atoms with E-state index >= 15 is 0 Å². The summed E-state index contributed by atoms with van der Waals surface area (Å²) in [4.78, 5) is 14.7. The molecule has 1 aromatic carbocycles. The highest BCUT2D eigenvalue weighted by Crippen LogP contribution is 2.27. The third-order valence-corrected chi connectivity index (χ3v) is 5.28. The van der Waals surface area contributed by atoms with Crippen LogP contribution in [0.15, 0.2) is 46.3 Å². The van der Waals surface area contributed by atoms with Crippen molar-refractivity contribution in [1.82, 2.24) is 10.3 Å². The summed E-state index contributed by atoms with van der Waals surface area (Å²) in [6.07, 6.45) is -9.37. The van der Waals surface area contributed by atoms with Crippen LogP contribution in [0, 0.1) is 0 Å². The van der Waals surface area contributed by atoms with Crippen molar-refractivity contribution < 1.29 is 45.0 Å². The first-order valence-electron chi connectivity index (χ1n) is 7.92. The highest BCUT2D eigenvalue weighted by molar-refractivity contribution is 7.91. The molecular formula is C16H14F5N3O5S. The third-order valence-electron chi connectivity index (χ3n) is 3.55. The molecule has 0 aliphatic rings. The molecule has 1 aromatic heterocycles. The number of nitrogens with one attached hydrogen (secondary N) is 1. The summed E-state index contributed by atoms with van der Waals surface area (Å²) in [5, 5.41) is 11.0. The molecule has 0 spiro atoms. The van der Waals surface area contributed by atoms with Crippen LogP contribution in [0.25, 0.3) is 0 Å². The zero-order valence-corrected chi connectivity index (χ0v) is 15.5. The number of aliphatic hydroxyl groups excluding tert-OH is 1. The number of amides is 1. The van der Waals surface area contributed by atoms with E-state index < -0.39 is 68.1 Å². The Bertz CT molecular complexity index is 1010. The number of nitrogen functional groups attached to an aromatic ring is 1. The maximum atomic E-state index is 12.6. The number of nitrogens with two attached hydrogens (primary N) is 1. The number of aromatic nitrogens is 1. The predicted octanol–water partition coefficient (Wildman–Crippen LogP) is 1.75. The van der Waals surface area contributed by atoms with Gasteiger partial charge in [0.1, 0.15) is 11.9 Å². The van der Waals surface area contributed by atoms with Crippen molar-refractivity contribution in [2.24, 2.45) is 0 Å². The quantitative estimate of drug-likeness (QED) is 0.542. The Kier molecular flexibility index (Phi) is 6.82. The Balaban J connectivity index is 2.21. The molecule has 30 heavy (non-hydrogen) atoms. The molecular weight excluding hydrogens is 441 g/mol. The highest BCUT2D eigenvalue weighted by Gasteiger charge is 2.31. The summed E-state index contributed by atoms with van der Waals surface area (Å²) >= 11 is 0. The van der Waals surface area contributed by atoms with E-state index in [2.05, 4.69) is 9.72 Å². The maximum Gasteiger partial charge on any atom is 0.573 e. The number of anilines is 1. The van der Waals surface area contributed by atoms with Crippen LogP contribution in [0.1, 0.15) is 10.5 Å². The number of alkyl halides is 5. The first-order chi connectivity index (χ1) is 13.8. The van der Waals surface area contributed by atoms with Crippen LogP contribution in [0.2, 0.25) is 0 Å². The second-order valence-corrected chi connectivity index (χ2v) is 7.69. The van der Waals surface area contributed by atoms with Gasteiger partial charge in [0.15, 0.2) is 5.69 Å². The summed E-state index contributed by atoms with van der Waals surface area (Å²) in [6, 6.07) is 4.22. The molecule has 164 valence electrons. The predicted molar refractivity (Wildman–Crippen MR) is 91.6 cm³/mol. The lowest BCUT2D eigenvalue weighted by Crippen LogP contribution is -2.36. The van der Waals surface area contributed by atoms with E-state index in [1.807, 2.05) is 5.32 Å². The van der Waals surface area contributed by atoms with Gasteiger partial charge in [-0.05, 0) is 30.3 Å². The smallest absolute Gasteiger partial charge is 0.406 e. The van der Waals surface area contributed by atoms with Gasteiger partial charge in [-0.2, -0.15) is 0 Å². The number of benzene rings is 1. The van der Waals surface area contributed by atoms with E-state index in [1.165, 1.54) is 0 Å². The molecule has 0 bridgehead atoms. The van der Waals surface area contributed by atoms with Crippen LogP contribution in [-0.4, -0.2) is 49.9 Å². The van der Waals surface area contributed by atoms with E-state index in [9.17, 15) is 35.2 Å². The van der Waals surface area contributed by atoms with Crippen molar-refractivity contribution in [1.29, 1.82) is 0 Å². The van der Waals surface area contributed by atoms with E-state index in [0.29, 0.717) is 0 Å². The number of rotatable bonds is 7. The number of halogens is 5. The number of nitrogens with zero attached hydrogens (tertiary/aromatic N) is 1. The van der Waals surface area contributed by atoms with Gasteiger partial charge in [0, 0.05) is 12.7 Å². The molecule has 8 nitrogen and oxygen atoms in total. The number of carbonyl (C=O) groups is 1. The Hall–Kier alpha value is -3.00. The number of sulfone groups is 1. The molecule has 1 amide bonds. The minimum atomic E-state index is -4.94. The van der Waals surface area contributed by atoms with E-state index in [4.69, 9.17) is 10.8 Å². The van der Waals surface area contributed by atoms with Crippen molar-refractivity contribution >= 4 is 21.4 Å². The topological polar surface area (TPSA) is 132 Å². The molecule has 0 saturated carbocycles. The number of aliphatic hydroxyl groups is 1. The SMILES string of the molecule is Nc1cc(S(=O)(=O)c2ccc(OC(F)(F)F)cc2)cnc1C(=O)NCC(O)C(F)F. The molecule has 0 aliphatic carbocycles. The van der Waals surface area contributed by atoms with Gasteiger partial charge in [0.25, 0.3) is 12.3 Å². The summed E-state index contributed by atoms with van der Waals surface area (Å²) in [5.74, 6) is -1.65. The lowest BCUT2D eigenvalue weighted by molar-refractivity contribution is -0.274. The average molecular weight is 455 g/mol. The van der Waals surface area contributed by atoms with E-state index in [1.54, 1.807) is 0 Å². The molecule has 1 atom stereocenters. The van der Waals surface area contributed by atoms with Gasteiger partial charge in [0.05, 0.1) is 15.5 Å². The number of ether oxygens (including phenoxy) is 1. The number of hydrogen-bond acceptors (Lipinski definition) is 7. The Labute approximate surface area is 166 Å². The molecule has 14 heteroatoms. The van der Waals surface area contributed by atoms with Gasteiger partial charge >= 0.3 is 6.36 Å². The Morgan fingerprint density at radius 3 is 2.30 bits per heavy atom. The van der Waals surface area contributed by atoms with Gasteiger partial charge in [0.2, 0.25) is 9.84 Å². The number of carbonyl (C=O) groups excluding carboxylic acids is 1. The Morgan fingerprint density at radius 1 is 1.20 bits per heavy atom. The zero-order valence-electron chi connectivity index (χ0n) is 14.7. The van der Waals surface area contributed by atoms with Gasteiger partial charge < -0.3 is 20.9 Å². The molecule has 1 heterocycles. The average Bonchev–Trinajstić information content (AvgIpc) is 2.64. The largest absolute Gasteiger partial charge is 0.573 e. The van der Waals surface area contributed by atoms with Gasteiger partial charge in [-0.25, -0.2) is 22.2 Å². The summed E-state index contributed by atoms with van der Waals surface area (Å²) in [5.41, 5.74) is 4.74. The standard InChI is InChI=1S/C16H14F5N3O5S/c17-14(18)12(25)7-24-15(26)13-11(22)5-10(6-23-13)30(27,28)9-3-1-8(2-4-9)29-16(19,20)21/h1-6,12,14,25H,7,22H2,(H,24,26). The molecule has 0 fully saturated rings. The van der Waals surface area contributed by atoms with Crippen LogP contribution in [-0.2, 0) is 9.84 Å². The lowest BCUT2D eigenvalue weighted by Gasteiger charge is -2.12. The van der Waals surface area contributed by atoms with Crippen molar-refractivity contribution in [2.75, 3.05) is 12.3 Å². The van der Waals surface area contributed by atoms with Gasteiger partial charge in [-0.15, -0.1) is 13.2 Å². The van der Waals surface area contributed by atoms with Crippen molar-refractivity contribution in [2.45, 2.75) is 28.7 Å². The van der Waals surface area contributed by atoms with E-state index in [-0.39, 0.29) is 0 Å². The van der Waals surface area contributed by atoms with Crippen LogP contribution in [0.4, 0.5) is 27.6 Å². The van der Waals surface area contributed by atoms with Crippen molar-refractivity contribution in [3.05, 3.63) is 42.2 Å². The summed E-state index contributed by atoms with van der Waals surface area (Å²) in [6.45, 7) is -0.788. The van der Waals surface area contributed by atoms with Gasteiger partial charge in [-0.3, -0.25) is 4.79 Å². The summed E-state index contributed by atoms with van der Waals surface area (Å²) < 4.78 is 89.8. The zero-order chi connectivity index (χ0) is 22.7. The fourth-order valence-electron chi connectivity index (χ4n) is 2.12. The first kappa shape index (κ1) is 23.3. The lowest BCUT2D eigenvalue weighted by atomic mass is 10.2. The van der Waals surface area contributed by atoms with Crippen LogP contribution in [0.3, 0.4) is 0 Å². The molecule has 0 saturated heterocycles. The molecule has 2 aromatic rings. The monoisotopic (exact) mass is 455 g/mol. The molecule has 2 rings (SSSR count). The van der Waals surface area contributed by atoms with Crippen LogP contribution >= 0.6 is 0 Å². The number of pyridine rings is 1. The van der Waals surface area contributed by atoms with Gasteiger partial charge in [-0.1, -0.05) is 0 Å². The van der Waals surface area contributed by atoms with E-state index in [0.717, 1.165) is 36.5 Å².